The Morgan fingerprint density at radius 2 is 1.80 bits per heavy atom. The van der Waals surface area contributed by atoms with E-state index in [0.717, 1.165) is 18.5 Å². The lowest BCUT2D eigenvalue weighted by molar-refractivity contribution is -0.131. The average molecular weight is 426 g/mol. The maximum absolute atomic E-state index is 13.7. The molecule has 0 bridgehead atoms. The van der Waals surface area contributed by atoms with Crippen LogP contribution in [0.4, 0.5) is 0 Å². The van der Waals surface area contributed by atoms with Gasteiger partial charge in [0.15, 0.2) is 5.11 Å². The highest BCUT2D eigenvalue weighted by Gasteiger charge is 2.58. The van der Waals surface area contributed by atoms with Gasteiger partial charge in [0.1, 0.15) is 17.0 Å². The van der Waals surface area contributed by atoms with Gasteiger partial charge in [0.05, 0.1) is 14.2 Å². The van der Waals surface area contributed by atoms with Crippen LogP contribution in [0.25, 0.3) is 0 Å². The fourth-order valence-corrected chi connectivity index (χ4v) is 4.92. The predicted octanol–water partition coefficient (Wildman–Crippen LogP) is 2.43. The van der Waals surface area contributed by atoms with Crippen LogP contribution in [0.1, 0.15) is 17.0 Å². The number of likely N-dealkylation sites (N-methyl/N-ethyl adjacent to an activating group) is 1. The number of benzene rings is 2. The highest BCUT2D eigenvalue weighted by molar-refractivity contribution is 7.80. The first-order chi connectivity index (χ1) is 14.5. The number of thiocarbonyl (C=S) groups is 1. The topological polar surface area (TPSA) is 54.0 Å². The molecule has 2 aliphatic heterocycles. The molecule has 1 spiro atoms. The van der Waals surface area contributed by atoms with Gasteiger partial charge in [-0.3, -0.25) is 9.69 Å². The molecule has 7 heteroatoms. The van der Waals surface area contributed by atoms with Gasteiger partial charge in [-0.05, 0) is 48.9 Å². The number of amides is 1. The molecule has 1 N–H and O–H groups in total. The van der Waals surface area contributed by atoms with E-state index in [1.165, 1.54) is 5.56 Å². The van der Waals surface area contributed by atoms with Gasteiger partial charge in [-0.25, -0.2) is 0 Å². The summed E-state index contributed by atoms with van der Waals surface area (Å²) in [7, 11) is 5.30. The summed E-state index contributed by atoms with van der Waals surface area (Å²) in [6.07, 6.45) is 0.762. The molecule has 2 atom stereocenters. The molecule has 2 aromatic rings. The van der Waals surface area contributed by atoms with Crippen molar-refractivity contribution < 1.29 is 14.3 Å². The molecule has 1 amide bonds. The minimum absolute atomic E-state index is 0.0413. The Kier molecular flexibility index (Phi) is 5.66. The van der Waals surface area contributed by atoms with Crippen LogP contribution in [0.15, 0.2) is 48.5 Å². The molecule has 0 radical (unpaired) electrons. The molecule has 0 saturated carbocycles. The molecule has 4 rings (SSSR count). The van der Waals surface area contributed by atoms with Gasteiger partial charge < -0.3 is 19.7 Å². The van der Waals surface area contributed by atoms with Crippen molar-refractivity contribution in [3.05, 3.63) is 59.7 Å². The fraction of sp³-hybridized carbons (Fsp3) is 0.391. The first kappa shape index (κ1) is 20.6. The molecular formula is C23H27N3O3S. The minimum atomic E-state index is -0.778. The van der Waals surface area contributed by atoms with E-state index in [2.05, 4.69) is 22.3 Å². The molecule has 0 unspecified atom stereocenters. The van der Waals surface area contributed by atoms with Crippen molar-refractivity contribution >= 4 is 23.2 Å². The second-order valence-electron chi connectivity index (χ2n) is 7.99. The molecule has 2 heterocycles. The van der Waals surface area contributed by atoms with Gasteiger partial charge in [0, 0.05) is 31.6 Å². The van der Waals surface area contributed by atoms with Crippen LogP contribution in [0.3, 0.4) is 0 Å². The second kappa shape index (κ2) is 8.24. The number of hydrogen-bond donors (Lipinski definition) is 1. The van der Waals surface area contributed by atoms with Crippen LogP contribution in [0.5, 0.6) is 11.5 Å². The number of ether oxygens (including phenoxy) is 2. The zero-order valence-electron chi connectivity index (χ0n) is 17.6. The lowest BCUT2D eigenvalue weighted by atomic mass is 9.81. The fourth-order valence-electron chi connectivity index (χ4n) is 4.57. The Morgan fingerprint density at radius 3 is 2.43 bits per heavy atom. The molecule has 30 heavy (non-hydrogen) atoms. The Labute approximate surface area is 182 Å². The Hall–Kier alpha value is -2.64. The van der Waals surface area contributed by atoms with E-state index < -0.39 is 5.54 Å². The number of carbonyl (C=O) groups excluding carboxylic acids is 1. The summed E-state index contributed by atoms with van der Waals surface area (Å²) >= 11 is 5.61. The summed E-state index contributed by atoms with van der Waals surface area (Å²) in [6, 6.07) is 16.0. The maximum atomic E-state index is 13.7. The third kappa shape index (κ3) is 3.63. The standard InChI is InChI=1S/C23H27N3O3S/c1-25-14-20(17-11-18(28-2)13-19(12-17)29-3)23(15-25)21(27)26(22(30)24-23)10-9-16-7-5-4-6-8-16/h4-8,11-13,20H,9-10,14-15H2,1-3H3,(H,24,30)/t20-,23+/m1/s1. The Bertz CT molecular complexity index is 930. The lowest BCUT2D eigenvalue weighted by Gasteiger charge is -2.29. The Balaban J connectivity index is 1.63. The number of nitrogens with one attached hydrogen (secondary N) is 1. The number of methoxy groups -OCH3 is 2. The zero-order valence-corrected chi connectivity index (χ0v) is 18.4. The van der Waals surface area contributed by atoms with E-state index in [-0.39, 0.29) is 11.8 Å². The molecule has 158 valence electrons. The quantitative estimate of drug-likeness (QED) is 0.718. The van der Waals surface area contributed by atoms with Crippen LogP contribution < -0.4 is 14.8 Å². The van der Waals surface area contributed by atoms with Crippen LogP contribution in [-0.2, 0) is 11.2 Å². The highest BCUT2D eigenvalue weighted by Crippen LogP contribution is 2.42. The van der Waals surface area contributed by atoms with Crippen molar-refractivity contribution in [3.63, 3.8) is 0 Å². The van der Waals surface area contributed by atoms with Gasteiger partial charge in [-0.15, -0.1) is 0 Å². The van der Waals surface area contributed by atoms with Gasteiger partial charge in [-0.1, -0.05) is 30.3 Å². The molecule has 2 fully saturated rings. The van der Waals surface area contributed by atoms with Crippen LogP contribution in [-0.4, -0.2) is 67.3 Å². The van der Waals surface area contributed by atoms with Crippen LogP contribution >= 0.6 is 12.2 Å². The summed E-state index contributed by atoms with van der Waals surface area (Å²) in [5.74, 6) is 1.39. The molecule has 2 aromatic carbocycles. The summed E-state index contributed by atoms with van der Waals surface area (Å²) < 4.78 is 10.9. The minimum Gasteiger partial charge on any atom is -0.497 e. The number of carbonyl (C=O) groups is 1. The van der Waals surface area contributed by atoms with E-state index in [9.17, 15) is 4.79 Å². The van der Waals surface area contributed by atoms with E-state index in [1.807, 2.05) is 43.4 Å². The number of rotatable bonds is 6. The number of hydrogen-bond acceptors (Lipinski definition) is 5. The molecule has 0 aliphatic carbocycles. The summed E-state index contributed by atoms with van der Waals surface area (Å²) in [5.41, 5.74) is 1.41. The lowest BCUT2D eigenvalue weighted by Crippen LogP contribution is -2.52. The predicted molar refractivity (Wildman–Crippen MR) is 120 cm³/mol. The van der Waals surface area contributed by atoms with Crippen molar-refractivity contribution in [3.8, 4) is 11.5 Å². The molecule has 0 aromatic heterocycles. The number of nitrogens with zero attached hydrogens (tertiary/aromatic N) is 2. The maximum Gasteiger partial charge on any atom is 0.256 e. The largest absolute Gasteiger partial charge is 0.497 e. The first-order valence-corrected chi connectivity index (χ1v) is 10.5. The summed E-state index contributed by atoms with van der Waals surface area (Å²) in [4.78, 5) is 17.6. The van der Waals surface area contributed by atoms with Gasteiger partial charge in [0.2, 0.25) is 0 Å². The van der Waals surface area contributed by atoms with E-state index in [1.54, 1.807) is 19.1 Å². The SMILES string of the molecule is COc1cc(OC)cc([C@H]2CN(C)C[C@]23NC(=S)N(CCc2ccccc2)C3=O)c1. The van der Waals surface area contributed by atoms with E-state index in [0.29, 0.717) is 29.7 Å². The summed E-state index contributed by atoms with van der Waals surface area (Å²) in [6.45, 7) is 1.90. The molecule has 2 aliphatic rings. The monoisotopic (exact) mass is 425 g/mol. The zero-order chi connectivity index (χ0) is 21.3. The molecular weight excluding hydrogens is 398 g/mol. The van der Waals surface area contributed by atoms with Crippen LogP contribution in [0, 0.1) is 0 Å². The van der Waals surface area contributed by atoms with Crippen molar-refractivity contribution in [2.24, 2.45) is 0 Å². The van der Waals surface area contributed by atoms with Crippen molar-refractivity contribution in [1.29, 1.82) is 0 Å². The second-order valence-corrected chi connectivity index (χ2v) is 8.38. The third-order valence-electron chi connectivity index (χ3n) is 6.05. The number of likely N-dealkylation sites (tertiary alicyclic amines) is 1. The van der Waals surface area contributed by atoms with Gasteiger partial charge >= 0.3 is 0 Å². The molecule has 2 saturated heterocycles. The third-order valence-corrected chi connectivity index (χ3v) is 6.38. The molecule has 6 nitrogen and oxygen atoms in total. The van der Waals surface area contributed by atoms with E-state index >= 15 is 0 Å². The van der Waals surface area contributed by atoms with E-state index in [4.69, 9.17) is 21.7 Å². The van der Waals surface area contributed by atoms with Crippen molar-refractivity contribution in [2.75, 3.05) is 40.9 Å². The highest BCUT2D eigenvalue weighted by atomic mass is 32.1. The smallest absolute Gasteiger partial charge is 0.256 e. The van der Waals surface area contributed by atoms with Crippen LogP contribution in [0.2, 0.25) is 0 Å². The van der Waals surface area contributed by atoms with Crippen molar-refractivity contribution in [1.82, 2.24) is 15.1 Å². The van der Waals surface area contributed by atoms with Crippen molar-refractivity contribution in [2.45, 2.75) is 17.9 Å². The van der Waals surface area contributed by atoms with Gasteiger partial charge in [-0.2, -0.15) is 0 Å². The Morgan fingerprint density at radius 1 is 1.13 bits per heavy atom. The van der Waals surface area contributed by atoms with Gasteiger partial charge in [0.25, 0.3) is 5.91 Å². The average Bonchev–Trinajstić information content (AvgIpc) is 3.22. The summed E-state index contributed by atoms with van der Waals surface area (Å²) in [5, 5.41) is 3.91. The first-order valence-electron chi connectivity index (χ1n) is 10.1. The normalized spacial score (nSPS) is 23.8.